The topological polar surface area (TPSA) is 67.4 Å². The molecular weight excluding hydrogens is 166 g/mol. The molecular formula is C9H10N3O+. The van der Waals surface area contributed by atoms with Gasteiger partial charge in [0.1, 0.15) is 11.3 Å². The summed E-state index contributed by atoms with van der Waals surface area (Å²) >= 11 is 0. The number of ketones is 1. The fraction of sp³-hybridized carbons (Fsp3) is 0.222. The molecule has 0 aliphatic heterocycles. The third kappa shape index (κ3) is 2.97. The average Bonchev–Trinajstić information content (AvgIpc) is 2.08. The number of carbonyl (C=O) groups is 1. The van der Waals surface area contributed by atoms with E-state index < -0.39 is 0 Å². The largest absolute Gasteiger partial charge is 0.300 e. The van der Waals surface area contributed by atoms with E-state index >= 15 is 0 Å². The molecule has 13 heavy (non-hydrogen) atoms. The Hall–Kier alpha value is -1.80. The summed E-state index contributed by atoms with van der Waals surface area (Å²) < 4.78 is 0. The summed E-state index contributed by atoms with van der Waals surface area (Å²) in [6.45, 7) is 1.55. The van der Waals surface area contributed by atoms with E-state index in [-0.39, 0.29) is 5.78 Å². The molecule has 0 saturated heterocycles. The molecule has 0 aromatic heterocycles. The van der Waals surface area contributed by atoms with E-state index in [1.54, 1.807) is 19.1 Å². The Balaban J connectivity index is 2.80. The van der Waals surface area contributed by atoms with Gasteiger partial charge in [-0.1, -0.05) is 12.1 Å². The van der Waals surface area contributed by atoms with E-state index in [0.29, 0.717) is 12.1 Å². The molecule has 0 atom stereocenters. The lowest BCUT2D eigenvalue weighted by Crippen LogP contribution is -1.94. The minimum absolute atomic E-state index is 0.134. The third-order valence-corrected chi connectivity index (χ3v) is 1.55. The molecule has 0 unspecified atom stereocenters. The predicted molar refractivity (Wildman–Crippen MR) is 47.8 cm³/mol. The first-order chi connectivity index (χ1) is 6.22. The Morgan fingerprint density at radius 1 is 1.46 bits per heavy atom. The average molecular weight is 176 g/mol. The van der Waals surface area contributed by atoms with Gasteiger partial charge in [0.15, 0.2) is 10.8 Å². The van der Waals surface area contributed by atoms with Crippen LogP contribution in [0.25, 0.3) is 0 Å². The van der Waals surface area contributed by atoms with E-state index in [0.717, 1.165) is 5.56 Å². The van der Waals surface area contributed by atoms with Crippen LogP contribution in [0.2, 0.25) is 0 Å². The van der Waals surface area contributed by atoms with E-state index in [1.807, 2.05) is 12.1 Å². The number of rotatable bonds is 3. The highest BCUT2D eigenvalue weighted by Crippen LogP contribution is 2.12. The number of nitrogens with zero attached hydrogens (tertiary/aromatic N) is 2. The molecule has 0 fully saturated rings. The standard InChI is InChI=1S/C9H10N3O/c1-7(13)6-8-2-4-9(5-3-8)11-12-10/h2-5,10H,6H2,1H3/q+1. The van der Waals surface area contributed by atoms with Crippen molar-refractivity contribution in [2.24, 2.45) is 5.11 Å². The van der Waals surface area contributed by atoms with Crippen LogP contribution in [0.15, 0.2) is 29.4 Å². The molecule has 1 rings (SSSR count). The summed E-state index contributed by atoms with van der Waals surface area (Å²) in [5, 5.41) is 3.53. The highest BCUT2D eigenvalue weighted by molar-refractivity contribution is 5.78. The molecule has 1 aromatic carbocycles. The molecule has 66 valence electrons. The number of hydrogen-bond acceptors (Lipinski definition) is 3. The summed E-state index contributed by atoms with van der Waals surface area (Å²) in [5.74, 6) is 0.134. The predicted octanol–water partition coefficient (Wildman–Crippen LogP) is 2.00. The van der Waals surface area contributed by atoms with Crippen molar-refractivity contribution in [3.05, 3.63) is 29.8 Å². The smallest absolute Gasteiger partial charge is 0.220 e. The molecule has 0 radical (unpaired) electrons. The monoisotopic (exact) mass is 176 g/mol. The van der Waals surface area contributed by atoms with E-state index in [9.17, 15) is 4.79 Å². The van der Waals surface area contributed by atoms with Crippen molar-refractivity contribution >= 4 is 11.5 Å². The quantitative estimate of drug-likeness (QED) is 0.555. The summed E-state index contributed by atoms with van der Waals surface area (Å²) in [4.78, 5) is 13.7. The van der Waals surface area contributed by atoms with Crippen LogP contribution < -0.4 is 4.91 Å². The zero-order valence-corrected chi connectivity index (χ0v) is 7.32. The number of benzene rings is 1. The lowest BCUT2D eigenvalue weighted by atomic mass is 10.1. The maximum atomic E-state index is 10.8. The second-order valence-electron chi connectivity index (χ2n) is 2.75. The SMILES string of the molecule is CC(=O)Cc1ccc(N=[N+]=N)cc1. The molecule has 1 aromatic rings. The Bertz CT molecular complexity index is 350. The third-order valence-electron chi connectivity index (χ3n) is 1.55. The minimum Gasteiger partial charge on any atom is -0.300 e. The van der Waals surface area contributed by atoms with E-state index in [4.69, 9.17) is 5.53 Å². The van der Waals surface area contributed by atoms with Gasteiger partial charge in [-0.3, -0.25) is 4.79 Å². The van der Waals surface area contributed by atoms with Gasteiger partial charge in [-0.25, -0.2) is 0 Å². The highest BCUT2D eigenvalue weighted by Gasteiger charge is 1.99. The van der Waals surface area contributed by atoms with Gasteiger partial charge in [-0.15, -0.1) is 0 Å². The van der Waals surface area contributed by atoms with Crippen molar-refractivity contribution in [3.8, 4) is 0 Å². The van der Waals surface area contributed by atoms with Crippen LogP contribution in [0.5, 0.6) is 0 Å². The fourth-order valence-corrected chi connectivity index (χ4v) is 1.03. The fourth-order valence-electron chi connectivity index (χ4n) is 1.03. The number of nitrogens with one attached hydrogen (secondary N) is 1. The van der Waals surface area contributed by atoms with Crippen LogP contribution in [0.3, 0.4) is 0 Å². The van der Waals surface area contributed by atoms with Crippen LogP contribution in [0, 0.1) is 5.53 Å². The first-order valence-corrected chi connectivity index (χ1v) is 3.88. The first-order valence-electron chi connectivity index (χ1n) is 3.88. The maximum absolute atomic E-state index is 10.8. The second-order valence-corrected chi connectivity index (χ2v) is 2.75. The second kappa shape index (κ2) is 4.28. The van der Waals surface area contributed by atoms with Crippen molar-refractivity contribution in [3.63, 3.8) is 0 Å². The van der Waals surface area contributed by atoms with Crippen LogP contribution in [-0.4, -0.2) is 5.78 Å². The van der Waals surface area contributed by atoms with E-state index in [1.165, 1.54) is 0 Å². The van der Waals surface area contributed by atoms with Gasteiger partial charge in [0.2, 0.25) is 4.91 Å². The lowest BCUT2D eigenvalue weighted by Gasteiger charge is -1.94. The molecule has 0 spiro atoms. The van der Waals surface area contributed by atoms with Gasteiger partial charge >= 0.3 is 0 Å². The number of hydrogen-bond donors (Lipinski definition) is 1. The number of carbonyl (C=O) groups excluding carboxylic acids is 1. The Labute approximate surface area is 75.8 Å². The lowest BCUT2D eigenvalue weighted by molar-refractivity contribution is -0.116. The van der Waals surface area contributed by atoms with Crippen LogP contribution in [-0.2, 0) is 11.2 Å². The maximum Gasteiger partial charge on any atom is 0.220 e. The summed E-state index contributed by atoms with van der Waals surface area (Å²) in [6, 6.07) is 7.09. The van der Waals surface area contributed by atoms with Crippen molar-refractivity contribution in [1.82, 2.24) is 4.91 Å². The molecule has 0 heterocycles. The molecule has 4 nitrogen and oxygen atoms in total. The molecule has 0 aliphatic carbocycles. The van der Waals surface area contributed by atoms with Crippen LogP contribution in [0.1, 0.15) is 12.5 Å². The zero-order chi connectivity index (χ0) is 9.68. The summed E-state index contributed by atoms with van der Waals surface area (Å²) in [6.07, 6.45) is 0.443. The van der Waals surface area contributed by atoms with Gasteiger partial charge in [-0.2, -0.15) is 0 Å². The van der Waals surface area contributed by atoms with Crippen molar-refractivity contribution in [2.45, 2.75) is 13.3 Å². The van der Waals surface area contributed by atoms with Gasteiger partial charge in [0.25, 0.3) is 0 Å². The summed E-state index contributed by atoms with van der Waals surface area (Å²) in [5.41, 5.74) is 8.09. The van der Waals surface area contributed by atoms with Crippen LogP contribution in [0.4, 0.5) is 5.69 Å². The molecule has 1 N–H and O–H groups in total. The van der Waals surface area contributed by atoms with E-state index in [2.05, 4.69) is 10.0 Å². The molecule has 4 heteroatoms. The molecule has 0 amide bonds. The highest BCUT2D eigenvalue weighted by atomic mass is 16.1. The van der Waals surface area contributed by atoms with Crippen LogP contribution >= 0.6 is 0 Å². The van der Waals surface area contributed by atoms with Crippen molar-refractivity contribution in [2.75, 3.05) is 0 Å². The Morgan fingerprint density at radius 3 is 2.54 bits per heavy atom. The molecule has 0 saturated carbocycles. The minimum atomic E-state index is 0.134. The molecule has 0 aliphatic rings. The van der Waals surface area contributed by atoms with Crippen molar-refractivity contribution < 1.29 is 4.79 Å². The molecule has 0 bridgehead atoms. The normalized spacial score (nSPS) is 9.00. The van der Waals surface area contributed by atoms with Gasteiger partial charge in [0.05, 0.1) is 0 Å². The first kappa shape index (κ1) is 9.29. The van der Waals surface area contributed by atoms with Gasteiger partial charge < -0.3 is 0 Å². The van der Waals surface area contributed by atoms with Crippen molar-refractivity contribution in [1.29, 1.82) is 5.53 Å². The number of Topliss-reactive ketones (excluding diaryl/α,β-unsaturated/α-hetero) is 1. The van der Waals surface area contributed by atoms with Gasteiger partial charge in [0, 0.05) is 6.42 Å². The summed E-state index contributed by atoms with van der Waals surface area (Å²) in [7, 11) is 0. The zero-order valence-electron chi connectivity index (χ0n) is 7.32. The Morgan fingerprint density at radius 2 is 2.08 bits per heavy atom. The Kier molecular flexibility index (Phi) is 3.06. The van der Waals surface area contributed by atoms with Gasteiger partial charge in [-0.05, 0) is 24.6 Å².